The fourth-order valence-corrected chi connectivity index (χ4v) is 6.18. The topological polar surface area (TPSA) is 71.4 Å². The molecule has 0 saturated heterocycles. The van der Waals surface area contributed by atoms with Crippen LogP contribution in [-0.4, -0.2) is 27.0 Å². The smallest absolute Gasteiger partial charge is 0.170 e. The normalized spacial score (nSPS) is 25.7. The van der Waals surface area contributed by atoms with E-state index in [0.717, 1.165) is 19.3 Å². The molecule has 0 aromatic carbocycles. The van der Waals surface area contributed by atoms with Gasteiger partial charge in [0.25, 0.3) is 0 Å². The van der Waals surface area contributed by atoms with Crippen molar-refractivity contribution in [3.8, 4) is 0 Å². The average molecular weight is 272 g/mol. The maximum atomic E-state index is 11.9. The van der Waals surface area contributed by atoms with Crippen LogP contribution < -0.4 is 0 Å². The highest BCUT2D eigenvalue weighted by atomic mass is 32.8. The molecule has 1 aliphatic carbocycles. The molecule has 1 fully saturated rings. The van der Waals surface area contributed by atoms with Gasteiger partial charge >= 0.3 is 0 Å². The first-order valence-corrected chi connectivity index (χ1v) is 9.06. The number of hydrogen-bond acceptors (Lipinski definition) is 4. The molecule has 7 heteroatoms. The molecule has 0 aromatic rings. The van der Waals surface area contributed by atoms with Gasteiger partial charge in [-0.25, -0.2) is 12.6 Å². The number of hydrogen-bond donors (Lipinski definition) is 1. The van der Waals surface area contributed by atoms with Crippen LogP contribution in [0.15, 0.2) is 0 Å². The third-order valence-electron chi connectivity index (χ3n) is 2.90. The Bertz CT molecular complexity index is 403. The Morgan fingerprint density at radius 2 is 1.67 bits per heavy atom. The van der Waals surface area contributed by atoms with E-state index >= 15 is 0 Å². The summed E-state index contributed by atoms with van der Waals surface area (Å²) in [7, 11) is -7.21. The summed E-state index contributed by atoms with van der Waals surface area (Å²) >= 11 is 4.33. The minimum Gasteiger partial charge on any atom is -0.305 e. The molecular weight excluding hydrogens is 256 g/mol. The lowest BCUT2D eigenvalue weighted by atomic mass is 10.0. The van der Waals surface area contributed by atoms with Crippen molar-refractivity contribution in [1.29, 1.82) is 0 Å². The highest BCUT2D eigenvalue weighted by molar-refractivity contribution is 8.34. The van der Waals surface area contributed by atoms with Crippen molar-refractivity contribution in [3.05, 3.63) is 0 Å². The minimum atomic E-state index is -3.66. The van der Waals surface area contributed by atoms with Crippen molar-refractivity contribution < 1.29 is 17.2 Å². The first-order chi connectivity index (χ1) is 6.76. The van der Waals surface area contributed by atoms with E-state index in [2.05, 4.69) is 11.2 Å². The molecule has 0 aliphatic heterocycles. The lowest BCUT2D eigenvalue weighted by Gasteiger charge is -2.24. The molecule has 15 heavy (non-hydrogen) atoms. The van der Waals surface area contributed by atoms with Crippen LogP contribution in [0.3, 0.4) is 0 Å². The van der Waals surface area contributed by atoms with Gasteiger partial charge in [0.15, 0.2) is 23.2 Å². The zero-order valence-electron chi connectivity index (χ0n) is 8.59. The van der Waals surface area contributed by atoms with Crippen molar-refractivity contribution in [2.45, 2.75) is 48.9 Å². The zero-order chi connectivity index (χ0) is 11.7. The molecule has 0 spiro atoms. The highest BCUT2D eigenvalue weighted by Crippen LogP contribution is 2.27. The molecule has 2 atom stereocenters. The summed E-state index contributed by atoms with van der Waals surface area (Å²) in [5.74, 6) is 0. The summed E-state index contributed by atoms with van der Waals surface area (Å²) in [5.41, 5.74) is 0. The Kier molecular flexibility index (Phi) is 4.13. The molecule has 1 N–H and O–H groups in total. The van der Waals surface area contributed by atoms with Crippen LogP contribution in [0.4, 0.5) is 0 Å². The van der Waals surface area contributed by atoms with Gasteiger partial charge in [0.1, 0.15) is 0 Å². The van der Waals surface area contributed by atoms with Gasteiger partial charge in [-0.1, -0.05) is 19.3 Å². The molecule has 0 heterocycles. The second-order valence-electron chi connectivity index (χ2n) is 3.93. The first kappa shape index (κ1) is 13.3. The van der Waals surface area contributed by atoms with Crippen LogP contribution in [0.5, 0.6) is 0 Å². The van der Waals surface area contributed by atoms with Gasteiger partial charge in [-0.05, 0) is 19.8 Å². The molecule has 4 nitrogen and oxygen atoms in total. The summed E-state index contributed by atoms with van der Waals surface area (Å²) in [6, 6.07) is 0. The monoisotopic (exact) mass is 272 g/mol. The van der Waals surface area contributed by atoms with E-state index in [1.54, 1.807) is 0 Å². The average Bonchev–Trinajstić information content (AvgIpc) is 2.16. The Morgan fingerprint density at radius 1 is 1.20 bits per heavy atom. The lowest BCUT2D eigenvalue weighted by molar-refractivity contribution is 0.481. The molecule has 0 bridgehead atoms. The summed E-state index contributed by atoms with van der Waals surface area (Å²) in [4.78, 5) is 0. The Balaban J connectivity index is 2.91. The van der Waals surface area contributed by atoms with Gasteiger partial charge in [-0.15, -0.1) is 0 Å². The number of sulfone groups is 1. The quantitative estimate of drug-likeness (QED) is 0.838. The molecule has 1 saturated carbocycles. The highest BCUT2D eigenvalue weighted by Gasteiger charge is 2.36. The molecular formula is C8H16O4S3. The fraction of sp³-hybridized carbons (Fsp3) is 1.00. The maximum absolute atomic E-state index is 11.9. The van der Waals surface area contributed by atoms with Gasteiger partial charge < -0.3 is 4.55 Å². The fourth-order valence-electron chi connectivity index (χ4n) is 1.83. The third-order valence-corrected chi connectivity index (χ3v) is 8.88. The zero-order valence-corrected chi connectivity index (χ0v) is 11.0. The van der Waals surface area contributed by atoms with Crippen molar-refractivity contribution >= 4 is 29.8 Å². The summed E-state index contributed by atoms with van der Waals surface area (Å²) in [5, 5.41) is -0.475. The summed E-state index contributed by atoms with van der Waals surface area (Å²) in [6.07, 6.45) is 3.99. The van der Waals surface area contributed by atoms with E-state index in [4.69, 9.17) is 4.55 Å². The van der Waals surface area contributed by atoms with Crippen LogP contribution in [0.2, 0.25) is 0 Å². The van der Waals surface area contributed by atoms with E-state index in [9.17, 15) is 12.6 Å². The SMILES string of the molecule is CC(S(=O)(=O)C1CCCCC1)S(=O)(O)=S. The second kappa shape index (κ2) is 4.65. The van der Waals surface area contributed by atoms with E-state index in [1.807, 2.05) is 0 Å². The summed E-state index contributed by atoms with van der Waals surface area (Å²) in [6.45, 7) is 1.24. The molecule has 2 unspecified atom stereocenters. The Labute approximate surface area is 95.9 Å². The first-order valence-electron chi connectivity index (χ1n) is 4.95. The third kappa shape index (κ3) is 3.12. The van der Waals surface area contributed by atoms with E-state index < -0.39 is 28.4 Å². The van der Waals surface area contributed by atoms with Crippen LogP contribution in [0.1, 0.15) is 39.0 Å². The van der Waals surface area contributed by atoms with Crippen LogP contribution in [0.25, 0.3) is 0 Å². The number of rotatable bonds is 3. The van der Waals surface area contributed by atoms with Gasteiger partial charge in [0.05, 0.1) is 5.25 Å². The minimum absolute atomic E-state index is 0.475. The van der Waals surface area contributed by atoms with Crippen LogP contribution in [0, 0.1) is 0 Å². The molecule has 0 radical (unpaired) electrons. The van der Waals surface area contributed by atoms with Crippen molar-refractivity contribution in [2.75, 3.05) is 0 Å². The molecule has 90 valence electrons. The van der Waals surface area contributed by atoms with Gasteiger partial charge in [-0.2, -0.15) is 0 Å². The molecule has 0 aromatic heterocycles. The van der Waals surface area contributed by atoms with E-state index in [-0.39, 0.29) is 0 Å². The van der Waals surface area contributed by atoms with Crippen molar-refractivity contribution in [2.24, 2.45) is 0 Å². The largest absolute Gasteiger partial charge is 0.305 e. The van der Waals surface area contributed by atoms with Crippen molar-refractivity contribution in [1.82, 2.24) is 0 Å². The lowest BCUT2D eigenvalue weighted by Crippen LogP contribution is -2.36. The maximum Gasteiger partial charge on any atom is 0.170 e. The van der Waals surface area contributed by atoms with Gasteiger partial charge in [-0.3, -0.25) is 0 Å². The Morgan fingerprint density at radius 3 is 2.07 bits per heavy atom. The predicted octanol–water partition coefficient (Wildman–Crippen LogP) is 1.30. The van der Waals surface area contributed by atoms with Crippen LogP contribution in [-0.2, 0) is 29.8 Å². The van der Waals surface area contributed by atoms with E-state index in [0.29, 0.717) is 12.8 Å². The Hall–Kier alpha value is 0.280. The molecule has 1 aliphatic rings. The van der Waals surface area contributed by atoms with Gasteiger partial charge in [0, 0.05) is 11.2 Å². The molecule has 1 rings (SSSR count). The predicted molar refractivity (Wildman–Crippen MR) is 63.4 cm³/mol. The second-order valence-corrected chi connectivity index (χ2v) is 9.95. The summed E-state index contributed by atoms with van der Waals surface area (Å²) < 4.78 is 42.8. The van der Waals surface area contributed by atoms with Gasteiger partial charge in [0.2, 0.25) is 0 Å². The molecule has 0 amide bonds. The van der Waals surface area contributed by atoms with E-state index in [1.165, 1.54) is 6.92 Å². The van der Waals surface area contributed by atoms with Crippen molar-refractivity contribution in [3.63, 3.8) is 0 Å². The van der Waals surface area contributed by atoms with Crippen LogP contribution >= 0.6 is 0 Å². The standard InChI is InChI=1S/C8H16O4S3/c1-7(15(11,12)13)14(9,10)8-5-3-2-4-6-8/h7-8H,2-6H2,1H3,(H,11,12,13).